The molecule has 0 bridgehead atoms. The number of rotatable bonds is 10. The van der Waals surface area contributed by atoms with Crippen molar-refractivity contribution in [2.45, 2.75) is 64.8 Å². The SMILES string of the molecule is CCCCCc1cccn1CCCCCC(=O)O. The topological polar surface area (TPSA) is 42.2 Å². The molecule has 0 aliphatic carbocycles. The van der Waals surface area contributed by atoms with Crippen LogP contribution in [0.3, 0.4) is 0 Å². The van der Waals surface area contributed by atoms with Gasteiger partial charge in [-0.25, -0.2) is 0 Å². The molecular formula is C15H25NO2. The normalized spacial score (nSPS) is 10.7. The van der Waals surface area contributed by atoms with Crippen LogP contribution in [0.2, 0.25) is 0 Å². The van der Waals surface area contributed by atoms with Crippen molar-refractivity contribution >= 4 is 5.97 Å². The van der Waals surface area contributed by atoms with Gasteiger partial charge >= 0.3 is 5.97 Å². The van der Waals surface area contributed by atoms with Crippen molar-refractivity contribution in [3.63, 3.8) is 0 Å². The van der Waals surface area contributed by atoms with E-state index in [2.05, 4.69) is 29.8 Å². The van der Waals surface area contributed by atoms with Gasteiger partial charge < -0.3 is 9.67 Å². The Morgan fingerprint density at radius 3 is 2.78 bits per heavy atom. The van der Waals surface area contributed by atoms with Crippen molar-refractivity contribution in [1.82, 2.24) is 4.57 Å². The number of nitrogens with zero attached hydrogens (tertiary/aromatic N) is 1. The first kappa shape index (κ1) is 14.8. The van der Waals surface area contributed by atoms with E-state index in [9.17, 15) is 4.79 Å². The van der Waals surface area contributed by atoms with Crippen LogP contribution in [0.15, 0.2) is 18.3 Å². The number of unbranched alkanes of at least 4 members (excludes halogenated alkanes) is 4. The molecule has 0 radical (unpaired) electrons. The van der Waals surface area contributed by atoms with Gasteiger partial charge in [0.25, 0.3) is 0 Å². The minimum absolute atomic E-state index is 0.301. The second-order valence-electron chi connectivity index (χ2n) is 4.85. The minimum Gasteiger partial charge on any atom is -0.481 e. The molecule has 1 rings (SSSR count). The number of carboxylic acids is 1. The summed E-state index contributed by atoms with van der Waals surface area (Å²) < 4.78 is 2.32. The molecule has 0 spiro atoms. The molecule has 0 unspecified atom stereocenters. The zero-order valence-electron chi connectivity index (χ0n) is 11.4. The summed E-state index contributed by atoms with van der Waals surface area (Å²) in [6.45, 7) is 3.25. The first-order valence-corrected chi connectivity index (χ1v) is 7.10. The maximum absolute atomic E-state index is 10.4. The number of carboxylic acid groups (broad SMARTS) is 1. The number of aromatic nitrogens is 1. The van der Waals surface area contributed by atoms with E-state index in [0.717, 1.165) is 32.2 Å². The van der Waals surface area contributed by atoms with Crippen molar-refractivity contribution in [2.75, 3.05) is 0 Å². The maximum atomic E-state index is 10.4. The van der Waals surface area contributed by atoms with Gasteiger partial charge in [0, 0.05) is 24.9 Å². The van der Waals surface area contributed by atoms with Crippen LogP contribution in [0, 0.1) is 0 Å². The van der Waals surface area contributed by atoms with E-state index in [4.69, 9.17) is 5.11 Å². The van der Waals surface area contributed by atoms with E-state index in [1.54, 1.807) is 0 Å². The van der Waals surface area contributed by atoms with Gasteiger partial charge in [0.2, 0.25) is 0 Å². The quantitative estimate of drug-likeness (QED) is 0.641. The van der Waals surface area contributed by atoms with Gasteiger partial charge in [-0.1, -0.05) is 26.2 Å². The molecule has 18 heavy (non-hydrogen) atoms. The molecule has 3 nitrogen and oxygen atoms in total. The summed E-state index contributed by atoms with van der Waals surface area (Å²) in [4.78, 5) is 10.4. The summed E-state index contributed by atoms with van der Waals surface area (Å²) in [5, 5.41) is 8.56. The maximum Gasteiger partial charge on any atom is 0.303 e. The standard InChI is InChI=1S/C15H25NO2/c1-2-3-5-9-14-10-8-13-16(14)12-7-4-6-11-15(17)18/h8,10,13H,2-7,9,11-12H2,1H3,(H,17,18). The van der Waals surface area contributed by atoms with Crippen molar-refractivity contribution in [2.24, 2.45) is 0 Å². The smallest absolute Gasteiger partial charge is 0.303 e. The van der Waals surface area contributed by atoms with Crippen LogP contribution in [-0.2, 0) is 17.8 Å². The highest BCUT2D eigenvalue weighted by molar-refractivity contribution is 5.66. The van der Waals surface area contributed by atoms with Crippen LogP contribution in [0.25, 0.3) is 0 Å². The lowest BCUT2D eigenvalue weighted by Gasteiger charge is -2.08. The summed E-state index contributed by atoms with van der Waals surface area (Å²) in [5.74, 6) is -0.684. The van der Waals surface area contributed by atoms with E-state index in [-0.39, 0.29) is 0 Å². The van der Waals surface area contributed by atoms with Gasteiger partial charge in [-0.05, 0) is 37.8 Å². The molecule has 1 heterocycles. The van der Waals surface area contributed by atoms with E-state index >= 15 is 0 Å². The van der Waals surface area contributed by atoms with Crippen LogP contribution in [0.1, 0.15) is 57.6 Å². The molecule has 0 aliphatic heterocycles. The van der Waals surface area contributed by atoms with E-state index < -0.39 is 5.97 Å². The lowest BCUT2D eigenvalue weighted by atomic mass is 10.1. The summed E-state index contributed by atoms with van der Waals surface area (Å²) >= 11 is 0. The lowest BCUT2D eigenvalue weighted by Crippen LogP contribution is -2.02. The average molecular weight is 251 g/mol. The summed E-state index contributed by atoms with van der Waals surface area (Å²) in [5.41, 5.74) is 1.42. The van der Waals surface area contributed by atoms with Gasteiger partial charge in [-0.15, -0.1) is 0 Å². The Morgan fingerprint density at radius 2 is 2.06 bits per heavy atom. The fourth-order valence-electron chi connectivity index (χ4n) is 2.19. The molecule has 0 fully saturated rings. The summed E-state index contributed by atoms with van der Waals surface area (Å²) in [6.07, 6.45) is 10.3. The molecule has 1 aromatic heterocycles. The molecule has 0 saturated carbocycles. The number of hydrogen-bond donors (Lipinski definition) is 1. The minimum atomic E-state index is -0.684. The van der Waals surface area contributed by atoms with Gasteiger partial charge in [-0.2, -0.15) is 0 Å². The van der Waals surface area contributed by atoms with Gasteiger partial charge in [0.15, 0.2) is 0 Å². The van der Waals surface area contributed by atoms with E-state index in [1.807, 2.05) is 0 Å². The zero-order chi connectivity index (χ0) is 13.2. The highest BCUT2D eigenvalue weighted by Crippen LogP contribution is 2.10. The Kier molecular flexibility index (Phi) is 7.23. The highest BCUT2D eigenvalue weighted by Gasteiger charge is 2.01. The van der Waals surface area contributed by atoms with Crippen LogP contribution in [0.4, 0.5) is 0 Å². The number of aliphatic carboxylic acids is 1. The van der Waals surface area contributed by atoms with Crippen molar-refractivity contribution in [1.29, 1.82) is 0 Å². The molecular weight excluding hydrogens is 226 g/mol. The Morgan fingerprint density at radius 1 is 1.22 bits per heavy atom. The molecule has 0 saturated heterocycles. The van der Waals surface area contributed by atoms with Gasteiger partial charge in [0.1, 0.15) is 0 Å². The van der Waals surface area contributed by atoms with Crippen LogP contribution in [-0.4, -0.2) is 15.6 Å². The predicted octanol–water partition coefficient (Wildman–Crippen LogP) is 3.87. The fraction of sp³-hybridized carbons (Fsp3) is 0.667. The Bertz CT molecular complexity index is 344. The Hall–Kier alpha value is -1.25. The highest BCUT2D eigenvalue weighted by atomic mass is 16.4. The molecule has 1 aromatic rings. The van der Waals surface area contributed by atoms with E-state index in [1.165, 1.54) is 25.0 Å². The third-order valence-corrected chi connectivity index (χ3v) is 3.25. The Balaban J connectivity index is 2.21. The average Bonchev–Trinajstić information content (AvgIpc) is 2.76. The largest absolute Gasteiger partial charge is 0.481 e. The van der Waals surface area contributed by atoms with Gasteiger partial charge in [-0.3, -0.25) is 4.79 Å². The van der Waals surface area contributed by atoms with Crippen molar-refractivity contribution in [3.8, 4) is 0 Å². The summed E-state index contributed by atoms with van der Waals surface area (Å²) in [6, 6.07) is 4.31. The first-order valence-electron chi connectivity index (χ1n) is 7.10. The van der Waals surface area contributed by atoms with Gasteiger partial charge in [0.05, 0.1) is 0 Å². The van der Waals surface area contributed by atoms with Crippen LogP contribution < -0.4 is 0 Å². The number of hydrogen-bond acceptors (Lipinski definition) is 1. The molecule has 102 valence electrons. The van der Waals surface area contributed by atoms with Crippen molar-refractivity contribution in [3.05, 3.63) is 24.0 Å². The second-order valence-corrected chi connectivity index (χ2v) is 4.85. The van der Waals surface area contributed by atoms with E-state index in [0.29, 0.717) is 6.42 Å². The molecule has 1 N–H and O–H groups in total. The first-order chi connectivity index (χ1) is 8.74. The lowest BCUT2D eigenvalue weighted by molar-refractivity contribution is -0.137. The predicted molar refractivity (Wildman–Crippen MR) is 73.8 cm³/mol. The van der Waals surface area contributed by atoms with Crippen molar-refractivity contribution < 1.29 is 9.90 Å². The van der Waals surface area contributed by atoms with Crippen LogP contribution >= 0.6 is 0 Å². The second kappa shape index (κ2) is 8.78. The summed E-state index contributed by atoms with van der Waals surface area (Å²) in [7, 11) is 0. The number of aryl methyl sites for hydroxylation is 2. The third-order valence-electron chi connectivity index (χ3n) is 3.25. The zero-order valence-corrected chi connectivity index (χ0v) is 11.4. The fourth-order valence-corrected chi connectivity index (χ4v) is 2.19. The monoisotopic (exact) mass is 251 g/mol. The van der Waals surface area contributed by atoms with Crippen LogP contribution in [0.5, 0.6) is 0 Å². The molecule has 3 heteroatoms. The molecule has 0 aromatic carbocycles. The Labute approximate surface area is 110 Å². The molecule has 0 amide bonds. The number of carbonyl (C=O) groups is 1. The molecule has 0 atom stereocenters. The third kappa shape index (κ3) is 5.89. The molecule has 0 aliphatic rings.